The molecule has 2 rings (SSSR count). The Bertz CT molecular complexity index is 444. The molecule has 0 bridgehead atoms. The van der Waals surface area contributed by atoms with Gasteiger partial charge in [0.15, 0.2) is 0 Å². The number of rotatable bonds is 8. The van der Waals surface area contributed by atoms with Crippen molar-refractivity contribution in [3.8, 4) is 5.75 Å². The zero-order valence-corrected chi connectivity index (χ0v) is 12.3. The number of ether oxygens (including phenoxy) is 3. The van der Waals surface area contributed by atoms with Gasteiger partial charge in [0.05, 0.1) is 25.7 Å². The van der Waals surface area contributed by atoms with Gasteiger partial charge in [-0.05, 0) is 37.8 Å². The van der Waals surface area contributed by atoms with Crippen molar-refractivity contribution >= 4 is 11.7 Å². The molecule has 0 spiro atoms. The molecular formula is C16H23NO4. The predicted octanol–water partition coefficient (Wildman–Crippen LogP) is 2.54. The number of anilines is 1. The molecule has 5 nitrogen and oxygen atoms in total. The van der Waals surface area contributed by atoms with Gasteiger partial charge in [0.2, 0.25) is 0 Å². The molecule has 21 heavy (non-hydrogen) atoms. The van der Waals surface area contributed by atoms with Crippen LogP contribution in [0.4, 0.5) is 5.69 Å². The fourth-order valence-electron chi connectivity index (χ4n) is 2.30. The lowest BCUT2D eigenvalue weighted by atomic mass is 10.1. The summed E-state index contributed by atoms with van der Waals surface area (Å²) in [7, 11) is 0. The molecule has 0 amide bonds. The molecule has 1 aromatic carbocycles. The first kappa shape index (κ1) is 15.6. The summed E-state index contributed by atoms with van der Waals surface area (Å²) < 4.78 is 16.1. The van der Waals surface area contributed by atoms with Crippen LogP contribution in [0, 0.1) is 0 Å². The molecular weight excluding hydrogens is 270 g/mol. The van der Waals surface area contributed by atoms with Crippen LogP contribution in [0.25, 0.3) is 0 Å². The van der Waals surface area contributed by atoms with Gasteiger partial charge in [-0.3, -0.25) is 4.79 Å². The van der Waals surface area contributed by atoms with Crippen LogP contribution in [0.3, 0.4) is 0 Å². The monoisotopic (exact) mass is 293 g/mol. The van der Waals surface area contributed by atoms with Gasteiger partial charge < -0.3 is 19.9 Å². The summed E-state index contributed by atoms with van der Waals surface area (Å²) in [6.45, 7) is 1.62. The second-order valence-corrected chi connectivity index (χ2v) is 5.17. The van der Waals surface area contributed by atoms with E-state index in [1.807, 2.05) is 12.1 Å². The Kier molecular flexibility index (Phi) is 6.34. The SMILES string of the molecule is Nc1cccc(OCCC(=O)OCCCC2CCCO2)c1. The molecule has 1 aliphatic rings. The lowest BCUT2D eigenvalue weighted by molar-refractivity contribution is -0.144. The van der Waals surface area contributed by atoms with Crippen molar-refractivity contribution in [3.63, 3.8) is 0 Å². The second kappa shape index (κ2) is 8.52. The van der Waals surface area contributed by atoms with E-state index in [-0.39, 0.29) is 12.4 Å². The van der Waals surface area contributed by atoms with Crippen molar-refractivity contribution in [1.82, 2.24) is 0 Å². The van der Waals surface area contributed by atoms with Crippen molar-refractivity contribution in [2.75, 3.05) is 25.6 Å². The lowest BCUT2D eigenvalue weighted by Crippen LogP contribution is -2.12. The van der Waals surface area contributed by atoms with Gasteiger partial charge in [-0.1, -0.05) is 6.07 Å². The van der Waals surface area contributed by atoms with Crippen LogP contribution in [0.1, 0.15) is 32.1 Å². The number of hydrogen-bond donors (Lipinski definition) is 1. The van der Waals surface area contributed by atoms with E-state index >= 15 is 0 Å². The minimum Gasteiger partial charge on any atom is -0.493 e. The quantitative estimate of drug-likeness (QED) is 0.453. The molecule has 1 atom stereocenters. The third kappa shape index (κ3) is 6.04. The van der Waals surface area contributed by atoms with Crippen LogP contribution in [0.15, 0.2) is 24.3 Å². The maximum absolute atomic E-state index is 11.5. The highest BCUT2D eigenvalue weighted by Crippen LogP contribution is 2.17. The third-order valence-corrected chi connectivity index (χ3v) is 3.39. The Morgan fingerprint density at radius 2 is 2.29 bits per heavy atom. The molecule has 2 N–H and O–H groups in total. The second-order valence-electron chi connectivity index (χ2n) is 5.17. The summed E-state index contributed by atoms with van der Waals surface area (Å²) in [6.07, 6.45) is 4.69. The van der Waals surface area contributed by atoms with E-state index in [1.165, 1.54) is 0 Å². The number of carbonyl (C=O) groups is 1. The Morgan fingerprint density at radius 3 is 3.05 bits per heavy atom. The third-order valence-electron chi connectivity index (χ3n) is 3.39. The highest BCUT2D eigenvalue weighted by Gasteiger charge is 2.14. The van der Waals surface area contributed by atoms with E-state index in [9.17, 15) is 4.79 Å². The molecule has 0 radical (unpaired) electrons. The average molecular weight is 293 g/mol. The van der Waals surface area contributed by atoms with Crippen LogP contribution in [0.2, 0.25) is 0 Å². The van der Waals surface area contributed by atoms with Crippen molar-refractivity contribution in [1.29, 1.82) is 0 Å². The summed E-state index contributed by atoms with van der Waals surface area (Å²) >= 11 is 0. The molecule has 1 aromatic rings. The van der Waals surface area contributed by atoms with Crippen molar-refractivity contribution < 1.29 is 19.0 Å². The minimum absolute atomic E-state index is 0.230. The summed E-state index contributed by atoms with van der Waals surface area (Å²) in [6, 6.07) is 7.14. The molecule has 1 heterocycles. The van der Waals surface area contributed by atoms with Crippen LogP contribution in [-0.4, -0.2) is 31.9 Å². The smallest absolute Gasteiger partial charge is 0.309 e. The molecule has 1 unspecified atom stereocenters. The number of carbonyl (C=O) groups excluding carboxylic acids is 1. The topological polar surface area (TPSA) is 70.8 Å². The van der Waals surface area contributed by atoms with Gasteiger partial charge in [0, 0.05) is 18.4 Å². The molecule has 0 aromatic heterocycles. The summed E-state index contributed by atoms with van der Waals surface area (Å²) in [4.78, 5) is 11.5. The molecule has 5 heteroatoms. The number of nitrogen functional groups attached to an aromatic ring is 1. The maximum atomic E-state index is 11.5. The average Bonchev–Trinajstić information content (AvgIpc) is 2.97. The fraction of sp³-hybridized carbons (Fsp3) is 0.562. The van der Waals surface area contributed by atoms with E-state index in [0.29, 0.717) is 30.8 Å². The number of benzene rings is 1. The van der Waals surface area contributed by atoms with Crippen molar-refractivity contribution in [3.05, 3.63) is 24.3 Å². The Hall–Kier alpha value is -1.75. The first-order valence-electron chi connectivity index (χ1n) is 7.49. The zero-order chi connectivity index (χ0) is 14.9. The normalized spacial score (nSPS) is 17.6. The molecule has 116 valence electrons. The number of nitrogens with two attached hydrogens (primary N) is 1. The number of esters is 1. The van der Waals surface area contributed by atoms with Gasteiger partial charge in [-0.25, -0.2) is 0 Å². The van der Waals surface area contributed by atoms with E-state index in [1.54, 1.807) is 12.1 Å². The lowest BCUT2D eigenvalue weighted by Gasteiger charge is -2.10. The summed E-state index contributed by atoms with van der Waals surface area (Å²) in [5, 5.41) is 0. The van der Waals surface area contributed by atoms with E-state index in [0.717, 1.165) is 32.3 Å². The Morgan fingerprint density at radius 1 is 1.38 bits per heavy atom. The van der Waals surface area contributed by atoms with Gasteiger partial charge in [-0.2, -0.15) is 0 Å². The highest BCUT2D eigenvalue weighted by molar-refractivity contribution is 5.69. The van der Waals surface area contributed by atoms with Gasteiger partial charge >= 0.3 is 5.97 Å². The zero-order valence-electron chi connectivity index (χ0n) is 12.3. The molecule has 1 aliphatic heterocycles. The summed E-state index contributed by atoms with van der Waals surface area (Å²) in [5.74, 6) is 0.437. The van der Waals surface area contributed by atoms with E-state index in [2.05, 4.69) is 0 Å². The molecule has 1 fully saturated rings. The Labute approximate surface area is 125 Å². The summed E-state index contributed by atoms with van der Waals surface area (Å²) in [5.41, 5.74) is 6.28. The van der Waals surface area contributed by atoms with Crippen molar-refractivity contribution in [2.45, 2.75) is 38.2 Å². The van der Waals surface area contributed by atoms with Crippen LogP contribution in [-0.2, 0) is 14.3 Å². The first-order valence-corrected chi connectivity index (χ1v) is 7.49. The molecule has 1 saturated heterocycles. The standard InChI is InChI=1S/C16H23NO4/c17-13-4-1-5-15(12-13)20-11-8-16(18)21-10-3-7-14-6-2-9-19-14/h1,4-5,12,14H,2-3,6-11,17H2. The van der Waals surface area contributed by atoms with Crippen molar-refractivity contribution in [2.24, 2.45) is 0 Å². The van der Waals surface area contributed by atoms with E-state index < -0.39 is 0 Å². The Balaban J connectivity index is 1.51. The van der Waals surface area contributed by atoms with Gasteiger partial charge in [0.1, 0.15) is 5.75 Å². The van der Waals surface area contributed by atoms with E-state index in [4.69, 9.17) is 19.9 Å². The predicted molar refractivity (Wildman–Crippen MR) is 80.1 cm³/mol. The van der Waals surface area contributed by atoms with Crippen LogP contribution >= 0.6 is 0 Å². The highest BCUT2D eigenvalue weighted by atomic mass is 16.5. The van der Waals surface area contributed by atoms with Crippen LogP contribution in [0.5, 0.6) is 5.75 Å². The van der Waals surface area contributed by atoms with Gasteiger partial charge in [-0.15, -0.1) is 0 Å². The van der Waals surface area contributed by atoms with Crippen LogP contribution < -0.4 is 10.5 Å². The molecule has 0 aliphatic carbocycles. The number of hydrogen-bond acceptors (Lipinski definition) is 5. The largest absolute Gasteiger partial charge is 0.493 e. The van der Waals surface area contributed by atoms with Gasteiger partial charge in [0.25, 0.3) is 0 Å². The fourth-order valence-corrected chi connectivity index (χ4v) is 2.30. The molecule has 0 saturated carbocycles. The maximum Gasteiger partial charge on any atom is 0.309 e. The first-order chi connectivity index (χ1) is 10.2. The minimum atomic E-state index is -0.230.